The molecule has 0 aliphatic carbocycles. The maximum Gasteiger partial charge on any atom is 0.280 e. The van der Waals surface area contributed by atoms with Crippen LogP contribution in [0.4, 0.5) is 5.13 Å². The van der Waals surface area contributed by atoms with Crippen LogP contribution < -0.4 is 5.32 Å². The fourth-order valence-corrected chi connectivity index (χ4v) is 4.70. The Balaban J connectivity index is 1.93. The Hall–Kier alpha value is -2.49. The number of halogens is 1. The van der Waals surface area contributed by atoms with Gasteiger partial charge in [0.2, 0.25) is 0 Å². The van der Waals surface area contributed by atoms with Crippen molar-refractivity contribution in [3.8, 4) is 0 Å². The van der Waals surface area contributed by atoms with Crippen LogP contribution in [0.25, 0.3) is 10.2 Å². The average molecular weight is 466 g/mol. The lowest BCUT2D eigenvalue weighted by Gasteiger charge is -2.10. The molecule has 1 aromatic heterocycles. The summed E-state index contributed by atoms with van der Waals surface area (Å²) in [6, 6.07) is 11.7. The molecule has 0 spiro atoms. The molecule has 0 aliphatic heterocycles. The summed E-state index contributed by atoms with van der Waals surface area (Å²) in [6.07, 6.45) is 1.06. The summed E-state index contributed by atoms with van der Waals surface area (Å²) in [6.45, 7) is 4.22. The molecule has 3 rings (SSSR count). The standard InChI is InChI=1S/C20H20ClN3O4S2/c1-12(2)11-28-24-18(13-8-9-17(14(21)10-13)30(3,26)27)19(25)23-20-22-15-6-4-5-7-16(15)29-20/h4-10,12H,11H2,1-3H3,(H,22,23,25)/b24-18+. The van der Waals surface area contributed by atoms with Gasteiger partial charge >= 0.3 is 0 Å². The van der Waals surface area contributed by atoms with Gasteiger partial charge in [-0.25, -0.2) is 13.4 Å². The van der Waals surface area contributed by atoms with Crippen LogP contribution >= 0.6 is 22.9 Å². The number of sulfone groups is 1. The van der Waals surface area contributed by atoms with E-state index < -0.39 is 15.7 Å². The summed E-state index contributed by atoms with van der Waals surface area (Å²) >= 11 is 7.48. The van der Waals surface area contributed by atoms with Crippen LogP contribution in [0.3, 0.4) is 0 Å². The third kappa shape index (κ3) is 5.35. The van der Waals surface area contributed by atoms with E-state index in [2.05, 4.69) is 15.5 Å². The van der Waals surface area contributed by atoms with Gasteiger partial charge in [-0.3, -0.25) is 10.1 Å². The first kappa shape index (κ1) is 22.2. The van der Waals surface area contributed by atoms with Gasteiger partial charge in [-0.2, -0.15) is 0 Å². The maximum atomic E-state index is 12.9. The van der Waals surface area contributed by atoms with Crippen molar-refractivity contribution < 1.29 is 18.0 Å². The van der Waals surface area contributed by atoms with Crippen LogP contribution in [0.5, 0.6) is 0 Å². The third-order valence-corrected chi connectivity index (χ3v) is 6.43. The highest BCUT2D eigenvalue weighted by Gasteiger charge is 2.20. The molecule has 0 aliphatic rings. The second kappa shape index (κ2) is 9.11. The fourth-order valence-electron chi connectivity index (χ4n) is 2.51. The van der Waals surface area contributed by atoms with E-state index >= 15 is 0 Å². The molecule has 0 atom stereocenters. The van der Waals surface area contributed by atoms with Crippen LogP contribution in [0.15, 0.2) is 52.5 Å². The number of nitrogens with one attached hydrogen (secondary N) is 1. The molecular formula is C20H20ClN3O4S2. The van der Waals surface area contributed by atoms with Crippen LogP contribution in [0, 0.1) is 5.92 Å². The number of hydrogen-bond donors (Lipinski definition) is 1. The molecule has 0 bridgehead atoms. The van der Waals surface area contributed by atoms with Crippen molar-refractivity contribution in [3.05, 3.63) is 53.1 Å². The molecule has 0 radical (unpaired) electrons. The molecule has 7 nitrogen and oxygen atoms in total. The van der Waals surface area contributed by atoms with Crippen LogP contribution in [0.2, 0.25) is 5.02 Å². The van der Waals surface area contributed by atoms with Crippen molar-refractivity contribution in [2.75, 3.05) is 18.2 Å². The first-order valence-electron chi connectivity index (χ1n) is 9.02. The van der Waals surface area contributed by atoms with Gasteiger partial charge in [0, 0.05) is 11.8 Å². The van der Waals surface area contributed by atoms with E-state index in [1.165, 1.54) is 29.5 Å². The normalized spacial score (nSPS) is 12.4. The maximum absolute atomic E-state index is 12.9. The Morgan fingerprint density at radius 3 is 2.63 bits per heavy atom. The van der Waals surface area contributed by atoms with E-state index in [4.69, 9.17) is 16.4 Å². The zero-order valence-electron chi connectivity index (χ0n) is 16.5. The summed E-state index contributed by atoms with van der Waals surface area (Å²) in [4.78, 5) is 22.6. The molecule has 0 unspecified atom stereocenters. The van der Waals surface area contributed by atoms with Gasteiger partial charge in [-0.15, -0.1) is 0 Å². The Morgan fingerprint density at radius 2 is 2.00 bits per heavy atom. The van der Waals surface area contributed by atoms with Gasteiger partial charge in [0.25, 0.3) is 5.91 Å². The van der Waals surface area contributed by atoms with Crippen LogP contribution in [-0.2, 0) is 19.5 Å². The van der Waals surface area contributed by atoms with Crippen molar-refractivity contribution >= 4 is 59.7 Å². The number of hydrogen-bond acceptors (Lipinski definition) is 7. The largest absolute Gasteiger partial charge is 0.395 e. The number of benzene rings is 2. The Labute approximate surface area is 183 Å². The second-order valence-electron chi connectivity index (χ2n) is 6.99. The highest BCUT2D eigenvalue weighted by atomic mass is 35.5. The van der Waals surface area contributed by atoms with E-state index in [1.807, 2.05) is 38.1 Å². The molecule has 0 fully saturated rings. The third-order valence-electron chi connectivity index (χ3n) is 3.90. The number of amides is 1. The average Bonchev–Trinajstić information content (AvgIpc) is 3.06. The van der Waals surface area contributed by atoms with Crippen LogP contribution in [0.1, 0.15) is 19.4 Å². The molecular weight excluding hydrogens is 446 g/mol. The molecule has 1 amide bonds. The molecule has 1 N–H and O–H groups in total. The van der Waals surface area contributed by atoms with E-state index in [-0.39, 0.29) is 21.5 Å². The Kier molecular flexibility index (Phi) is 6.74. The minimum absolute atomic E-state index is 0.000605. The minimum atomic E-state index is -3.50. The van der Waals surface area contributed by atoms with E-state index in [9.17, 15) is 13.2 Å². The molecule has 0 saturated carbocycles. The Morgan fingerprint density at radius 1 is 1.27 bits per heavy atom. The number of anilines is 1. The van der Waals surface area contributed by atoms with Gasteiger partial charge in [0.15, 0.2) is 20.7 Å². The lowest BCUT2D eigenvalue weighted by molar-refractivity contribution is -0.110. The SMILES string of the molecule is CC(C)CO/N=C(/C(=O)Nc1nc2ccccc2s1)c1ccc(S(C)(=O)=O)c(Cl)c1. The number of fused-ring (bicyclic) bond motifs is 1. The summed E-state index contributed by atoms with van der Waals surface area (Å²) in [5.41, 5.74) is 1.07. The molecule has 10 heteroatoms. The number of aromatic nitrogens is 1. The molecule has 2 aromatic carbocycles. The summed E-state index contributed by atoms with van der Waals surface area (Å²) in [7, 11) is -3.50. The van der Waals surface area contributed by atoms with Gasteiger partial charge < -0.3 is 4.84 Å². The zero-order valence-corrected chi connectivity index (χ0v) is 18.9. The molecule has 1 heterocycles. The topological polar surface area (TPSA) is 97.7 Å². The van der Waals surface area contributed by atoms with Gasteiger partial charge in [0.05, 0.1) is 20.1 Å². The lowest BCUT2D eigenvalue weighted by atomic mass is 10.1. The highest BCUT2D eigenvalue weighted by molar-refractivity contribution is 7.90. The number of para-hydroxylation sites is 1. The van der Waals surface area contributed by atoms with Crippen molar-refractivity contribution in [1.82, 2.24) is 4.98 Å². The van der Waals surface area contributed by atoms with E-state index in [1.54, 1.807) is 0 Å². The fraction of sp³-hybridized carbons (Fsp3) is 0.250. The van der Waals surface area contributed by atoms with Crippen LogP contribution in [-0.4, -0.2) is 37.9 Å². The molecule has 0 saturated heterocycles. The smallest absolute Gasteiger partial charge is 0.280 e. The summed E-state index contributed by atoms with van der Waals surface area (Å²) in [5, 5.41) is 7.13. The summed E-state index contributed by atoms with van der Waals surface area (Å²) < 4.78 is 24.6. The summed E-state index contributed by atoms with van der Waals surface area (Å²) in [5.74, 6) is -0.334. The predicted octanol–water partition coefficient (Wildman–Crippen LogP) is 4.37. The van der Waals surface area contributed by atoms with E-state index in [0.717, 1.165) is 16.5 Å². The van der Waals surface area contributed by atoms with Gasteiger partial charge in [-0.05, 0) is 30.2 Å². The number of thiazole rings is 1. The number of oxime groups is 1. The monoisotopic (exact) mass is 465 g/mol. The molecule has 158 valence electrons. The second-order valence-corrected chi connectivity index (χ2v) is 10.4. The predicted molar refractivity (Wildman–Crippen MR) is 120 cm³/mol. The van der Waals surface area contributed by atoms with Crippen molar-refractivity contribution in [2.45, 2.75) is 18.7 Å². The zero-order chi connectivity index (χ0) is 21.9. The number of nitrogens with zero attached hydrogens (tertiary/aromatic N) is 2. The number of rotatable bonds is 7. The number of carbonyl (C=O) groups is 1. The van der Waals surface area contributed by atoms with Crippen molar-refractivity contribution in [1.29, 1.82) is 0 Å². The first-order valence-corrected chi connectivity index (χ1v) is 12.1. The van der Waals surface area contributed by atoms with Gasteiger partial charge in [0.1, 0.15) is 6.61 Å². The minimum Gasteiger partial charge on any atom is -0.395 e. The van der Waals surface area contributed by atoms with Gasteiger partial charge in [-0.1, -0.05) is 60.1 Å². The van der Waals surface area contributed by atoms with E-state index in [0.29, 0.717) is 17.3 Å². The number of carbonyl (C=O) groups excluding carboxylic acids is 1. The first-order chi connectivity index (χ1) is 14.1. The highest BCUT2D eigenvalue weighted by Crippen LogP contribution is 2.26. The molecule has 3 aromatic rings. The molecule has 30 heavy (non-hydrogen) atoms. The van der Waals surface area contributed by atoms with Crippen molar-refractivity contribution in [3.63, 3.8) is 0 Å². The van der Waals surface area contributed by atoms with Crippen molar-refractivity contribution in [2.24, 2.45) is 11.1 Å². The lowest BCUT2D eigenvalue weighted by Crippen LogP contribution is -2.24. The Bertz CT molecular complexity index is 1190. The quantitative estimate of drug-likeness (QED) is 0.412.